The Morgan fingerprint density at radius 2 is 1.75 bits per heavy atom. The lowest BCUT2D eigenvalue weighted by Crippen LogP contribution is -2.42. The molecule has 0 saturated heterocycles. The molecule has 0 bridgehead atoms. The predicted molar refractivity (Wildman–Crippen MR) is 65.1 cm³/mol. The van der Waals surface area contributed by atoms with Gasteiger partial charge in [0.25, 0.3) is 0 Å². The summed E-state index contributed by atoms with van der Waals surface area (Å²) in [5, 5.41) is 6.41. The van der Waals surface area contributed by atoms with E-state index < -0.39 is 0 Å². The van der Waals surface area contributed by atoms with Gasteiger partial charge in [-0.25, -0.2) is 0 Å². The molecular weight excluding hydrogens is 200 g/mol. The van der Waals surface area contributed by atoms with E-state index in [0.717, 1.165) is 11.8 Å². The Bertz CT molecular complexity index is 250. The maximum absolute atomic E-state index is 11.5. The van der Waals surface area contributed by atoms with E-state index in [0.29, 0.717) is 18.6 Å². The number of hydrogen-bond donors (Lipinski definition) is 2. The third-order valence-corrected chi connectivity index (χ3v) is 4.09. The van der Waals surface area contributed by atoms with Gasteiger partial charge in [0, 0.05) is 12.1 Å². The lowest BCUT2D eigenvalue weighted by Gasteiger charge is -2.32. The second-order valence-electron chi connectivity index (χ2n) is 5.69. The molecule has 3 nitrogen and oxygen atoms in total. The molecule has 2 rings (SSSR count). The smallest absolute Gasteiger partial charge is 0.234 e. The summed E-state index contributed by atoms with van der Waals surface area (Å²) in [5.41, 5.74) is 0. The Kier molecular flexibility index (Phi) is 3.85. The molecule has 0 aromatic carbocycles. The number of nitrogens with one attached hydrogen (secondary N) is 2. The van der Waals surface area contributed by atoms with Crippen molar-refractivity contribution in [2.45, 2.75) is 58.0 Å². The highest BCUT2D eigenvalue weighted by molar-refractivity contribution is 5.78. The summed E-state index contributed by atoms with van der Waals surface area (Å²) in [6.07, 6.45) is 6.08. The van der Waals surface area contributed by atoms with Gasteiger partial charge in [-0.3, -0.25) is 4.79 Å². The molecule has 16 heavy (non-hydrogen) atoms. The van der Waals surface area contributed by atoms with E-state index in [-0.39, 0.29) is 5.91 Å². The molecule has 0 aromatic heterocycles. The summed E-state index contributed by atoms with van der Waals surface area (Å²) in [6, 6.07) is 1.04. The summed E-state index contributed by atoms with van der Waals surface area (Å²) in [4.78, 5) is 11.5. The summed E-state index contributed by atoms with van der Waals surface area (Å²) in [5.74, 6) is 1.81. The van der Waals surface area contributed by atoms with E-state index in [4.69, 9.17) is 0 Å². The molecule has 0 heterocycles. The lowest BCUT2D eigenvalue weighted by atomic mass is 9.79. The van der Waals surface area contributed by atoms with E-state index in [9.17, 15) is 4.79 Å². The van der Waals surface area contributed by atoms with Crippen LogP contribution in [0, 0.1) is 11.8 Å². The second-order valence-corrected chi connectivity index (χ2v) is 5.69. The van der Waals surface area contributed by atoms with Crippen LogP contribution in [0.15, 0.2) is 0 Å². The number of carbonyl (C=O) groups is 1. The SMILES string of the molecule is CC1CCC(NCC(=O)NC2CC2)CC1C. The van der Waals surface area contributed by atoms with E-state index in [1.165, 1.54) is 32.1 Å². The zero-order chi connectivity index (χ0) is 11.5. The highest BCUT2D eigenvalue weighted by Crippen LogP contribution is 2.29. The van der Waals surface area contributed by atoms with Gasteiger partial charge in [0.05, 0.1) is 6.54 Å². The number of rotatable bonds is 4. The zero-order valence-electron chi connectivity index (χ0n) is 10.5. The van der Waals surface area contributed by atoms with Crippen LogP contribution in [0.5, 0.6) is 0 Å². The zero-order valence-corrected chi connectivity index (χ0v) is 10.5. The van der Waals surface area contributed by atoms with Crippen LogP contribution in [0.4, 0.5) is 0 Å². The van der Waals surface area contributed by atoms with Gasteiger partial charge in [-0.15, -0.1) is 0 Å². The van der Waals surface area contributed by atoms with Crippen molar-refractivity contribution in [3.8, 4) is 0 Å². The number of carbonyl (C=O) groups excluding carboxylic acids is 1. The van der Waals surface area contributed by atoms with Gasteiger partial charge in [0.2, 0.25) is 5.91 Å². The van der Waals surface area contributed by atoms with Crippen molar-refractivity contribution >= 4 is 5.91 Å². The van der Waals surface area contributed by atoms with Crippen LogP contribution in [0.25, 0.3) is 0 Å². The first-order valence-corrected chi connectivity index (χ1v) is 6.68. The van der Waals surface area contributed by atoms with Gasteiger partial charge < -0.3 is 10.6 Å². The van der Waals surface area contributed by atoms with Crippen molar-refractivity contribution < 1.29 is 4.79 Å². The van der Waals surface area contributed by atoms with Crippen LogP contribution in [0.1, 0.15) is 46.0 Å². The van der Waals surface area contributed by atoms with Crippen LogP contribution in [-0.4, -0.2) is 24.5 Å². The molecule has 2 saturated carbocycles. The van der Waals surface area contributed by atoms with Crippen LogP contribution >= 0.6 is 0 Å². The molecule has 3 unspecified atom stereocenters. The minimum Gasteiger partial charge on any atom is -0.352 e. The summed E-state index contributed by atoms with van der Waals surface area (Å²) in [7, 11) is 0. The highest BCUT2D eigenvalue weighted by atomic mass is 16.2. The first-order chi connectivity index (χ1) is 7.65. The van der Waals surface area contributed by atoms with Gasteiger partial charge in [-0.2, -0.15) is 0 Å². The minimum absolute atomic E-state index is 0.175. The third-order valence-electron chi connectivity index (χ3n) is 4.09. The minimum atomic E-state index is 0.175. The molecule has 0 aliphatic heterocycles. The molecule has 0 radical (unpaired) electrons. The van der Waals surface area contributed by atoms with E-state index in [1.54, 1.807) is 0 Å². The fraction of sp³-hybridized carbons (Fsp3) is 0.923. The van der Waals surface area contributed by atoms with E-state index in [1.807, 2.05) is 0 Å². The van der Waals surface area contributed by atoms with Crippen molar-refractivity contribution in [1.82, 2.24) is 10.6 Å². The number of hydrogen-bond acceptors (Lipinski definition) is 2. The molecule has 2 fully saturated rings. The van der Waals surface area contributed by atoms with Crippen LogP contribution in [-0.2, 0) is 4.79 Å². The third kappa shape index (κ3) is 3.48. The fourth-order valence-electron chi connectivity index (χ4n) is 2.48. The first-order valence-electron chi connectivity index (χ1n) is 6.68. The lowest BCUT2D eigenvalue weighted by molar-refractivity contribution is -0.120. The molecule has 92 valence electrons. The molecule has 2 aliphatic rings. The average molecular weight is 224 g/mol. The van der Waals surface area contributed by atoms with Gasteiger partial charge >= 0.3 is 0 Å². The fourth-order valence-corrected chi connectivity index (χ4v) is 2.48. The van der Waals surface area contributed by atoms with E-state index in [2.05, 4.69) is 24.5 Å². The van der Waals surface area contributed by atoms with Crippen LogP contribution in [0.2, 0.25) is 0 Å². The molecule has 0 spiro atoms. The summed E-state index contributed by atoms with van der Waals surface area (Å²) >= 11 is 0. The van der Waals surface area contributed by atoms with Crippen molar-refractivity contribution in [3.05, 3.63) is 0 Å². The monoisotopic (exact) mass is 224 g/mol. The van der Waals surface area contributed by atoms with Gasteiger partial charge in [0.15, 0.2) is 0 Å². The first kappa shape index (κ1) is 11.9. The second kappa shape index (κ2) is 5.17. The van der Waals surface area contributed by atoms with Crippen molar-refractivity contribution in [3.63, 3.8) is 0 Å². The largest absolute Gasteiger partial charge is 0.352 e. The molecule has 0 aromatic rings. The molecule has 3 heteroatoms. The van der Waals surface area contributed by atoms with Crippen LogP contribution < -0.4 is 10.6 Å². The normalized spacial score (nSPS) is 34.8. The summed E-state index contributed by atoms with van der Waals surface area (Å²) < 4.78 is 0. The Hall–Kier alpha value is -0.570. The van der Waals surface area contributed by atoms with E-state index >= 15 is 0 Å². The highest BCUT2D eigenvalue weighted by Gasteiger charge is 2.26. The Labute approximate surface area is 98.4 Å². The molecular formula is C13H24N2O. The van der Waals surface area contributed by atoms with Crippen molar-refractivity contribution in [1.29, 1.82) is 0 Å². The molecule has 2 aliphatic carbocycles. The molecule has 1 amide bonds. The van der Waals surface area contributed by atoms with Gasteiger partial charge in [-0.1, -0.05) is 13.8 Å². The Balaban J connectivity index is 1.63. The maximum atomic E-state index is 11.5. The van der Waals surface area contributed by atoms with Crippen LogP contribution in [0.3, 0.4) is 0 Å². The molecule has 3 atom stereocenters. The maximum Gasteiger partial charge on any atom is 0.234 e. The Morgan fingerprint density at radius 1 is 1.06 bits per heavy atom. The standard InChI is InChI=1S/C13H24N2O/c1-9-3-4-12(7-10(9)2)14-8-13(16)15-11-5-6-11/h9-12,14H,3-8H2,1-2H3,(H,15,16). The number of amides is 1. The Morgan fingerprint density at radius 3 is 2.38 bits per heavy atom. The molecule has 2 N–H and O–H groups in total. The average Bonchev–Trinajstić information content (AvgIpc) is 3.04. The van der Waals surface area contributed by atoms with Gasteiger partial charge in [-0.05, 0) is 43.9 Å². The predicted octanol–water partition coefficient (Wildman–Crippen LogP) is 1.68. The van der Waals surface area contributed by atoms with Gasteiger partial charge in [0.1, 0.15) is 0 Å². The quantitative estimate of drug-likeness (QED) is 0.763. The summed E-state index contributed by atoms with van der Waals surface area (Å²) in [6.45, 7) is 5.16. The van der Waals surface area contributed by atoms with Crippen molar-refractivity contribution in [2.75, 3.05) is 6.54 Å². The van der Waals surface area contributed by atoms with Crippen molar-refractivity contribution in [2.24, 2.45) is 11.8 Å². The topological polar surface area (TPSA) is 41.1 Å².